The summed E-state index contributed by atoms with van der Waals surface area (Å²) in [6.45, 7) is 3.27. The van der Waals surface area contributed by atoms with E-state index in [9.17, 15) is 0 Å². The minimum Gasteiger partial charge on any atom is -0.309 e. The van der Waals surface area contributed by atoms with Crippen molar-refractivity contribution < 1.29 is 0 Å². The number of benzene rings is 1. The third kappa shape index (κ3) is 3.14. The Morgan fingerprint density at radius 2 is 2.14 bits per heavy atom. The van der Waals surface area contributed by atoms with E-state index in [1.165, 1.54) is 26.8 Å². The molecule has 0 radical (unpaired) electrons. The maximum Gasteiger partial charge on any atom is 0.0485 e. The second-order valence-corrected chi connectivity index (χ2v) is 6.81. The van der Waals surface area contributed by atoms with Crippen molar-refractivity contribution in [2.75, 3.05) is 6.54 Å². The van der Waals surface area contributed by atoms with Gasteiger partial charge in [0.15, 0.2) is 0 Å². The molecule has 2 atom stereocenters. The van der Waals surface area contributed by atoms with Crippen LogP contribution in [0.5, 0.6) is 0 Å². The van der Waals surface area contributed by atoms with E-state index in [2.05, 4.69) is 76.2 Å². The van der Waals surface area contributed by atoms with Gasteiger partial charge in [0.25, 0.3) is 0 Å². The molecule has 110 valence electrons. The molecule has 0 saturated carbocycles. The summed E-state index contributed by atoms with van der Waals surface area (Å²) in [5.41, 5.74) is 4.14. The Kier molecular flexibility index (Phi) is 4.91. The molecule has 1 aliphatic carbocycles. The van der Waals surface area contributed by atoms with Crippen LogP contribution in [0.2, 0.25) is 0 Å². The van der Waals surface area contributed by atoms with Crippen molar-refractivity contribution in [2.45, 2.75) is 38.1 Å². The summed E-state index contributed by atoms with van der Waals surface area (Å²) >= 11 is 2.45. The molecule has 1 N–H and O–H groups in total. The lowest BCUT2D eigenvalue weighted by Gasteiger charge is -2.26. The molecule has 1 heterocycles. The summed E-state index contributed by atoms with van der Waals surface area (Å²) in [4.78, 5) is 4.68. The van der Waals surface area contributed by atoms with Gasteiger partial charge < -0.3 is 5.32 Å². The monoisotopic (exact) mass is 392 g/mol. The van der Waals surface area contributed by atoms with Crippen LogP contribution in [-0.4, -0.2) is 11.5 Å². The Balaban J connectivity index is 1.96. The molecular weight excluding hydrogens is 371 g/mol. The molecule has 3 rings (SSSR count). The summed E-state index contributed by atoms with van der Waals surface area (Å²) in [5.74, 6) is 0.490. The Morgan fingerprint density at radius 1 is 1.29 bits per heavy atom. The highest BCUT2D eigenvalue weighted by molar-refractivity contribution is 14.1. The second kappa shape index (κ2) is 6.88. The number of pyridine rings is 1. The summed E-state index contributed by atoms with van der Waals surface area (Å²) in [7, 11) is 0. The third-order valence-corrected chi connectivity index (χ3v) is 5.24. The van der Waals surface area contributed by atoms with Crippen LogP contribution in [0.25, 0.3) is 0 Å². The highest BCUT2D eigenvalue weighted by atomic mass is 127. The SMILES string of the molecule is CCCNC(c1ccccc1I)C1CCc2cccnc21. The van der Waals surface area contributed by atoms with E-state index in [0.29, 0.717) is 12.0 Å². The van der Waals surface area contributed by atoms with Gasteiger partial charge >= 0.3 is 0 Å². The lowest BCUT2D eigenvalue weighted by Crippen LogP contribution is -2.28. The van der Waals surface area contributed by atoms with Gasteiger partial charge in [-0.2, -0.15) is 0 Å². The van der Waals surface area contributed by atoms with Gasteiger partial charge in [0.2, 0.25) is 0 Å². The largest absolute Gasteiger partial charge is 0.309 e. The standard InChI is InChI=1S/C18H21IN2/c1-2-11-20-18(14-7-3-4-8-16(14)19)15-10-9-13-6-5-12-21-17(13)15/h3-8,12,15,18,20H,2,9-11H2,1H3. The Bertz CT molecular complexity index is 612. The Morgan fingerprint density at radius 3 is 2.95 bits per heavy atom. The fraction of sp³-hybridized carbons (Fsp3) is 0.389. The molecule has 0 bridgehead atoms. The van der Waals surface area contributed by atoms with Crippen molar-refractivity contribution in [1.29, 1.82) is 0 Å². The van der Waals surface area contributed by atoms with Crippen LogP contribution in [0.4, 0.5) is 0 Å². The predicted octanol–water partition coefficient (Wildman–Crippen LogP) is 4.46. The van der Waals surface area contributed by atoms with Gasteiger partial charge in [0.05, 0.1) is 0 Å². The maximum atomic E-state index is 4.68. The van der Waals surface area contributed by atoms with Crippen molar-refractivity contribution in [3.8, 4) is 0 Å². The minimum atomic E-state index is 0.370. The zero-order chi connectivity index (χ0) is 14.7. The average molecular weight is 392 g/mol. The number of hydrogen-bond acceptors (Lipinski definition) is 2. The smallest absolute Gasteiger partial charge is 0.0485 e. The lowest BCUT2D eigenvalue weighted by molar-refractivity contribution is 0.436. The third-order valence-electron chi connectivity index (χ3n) is 4.26. The van der Waals surface area contributed by atoms with Crippen LogP contribution < -0.4 is 5.32 Å². The number of halogens is 1. The quantitative estimate of drug-likeness (QED) is 0.761. The fourth-order valence-electron chi connectivity index (χ4n) is 3.26. The molecule has 21 heavy (non-hydrogen) atoms. The maximum absolute atomic E-state index is 4.68. The van der Waals surface area contributed by atoms with Crippen molar-refractivity contribution in [1.82, 2.24) is 10.3 Å². The van der Waals surface area contributed by atoms with Crippen LogP contribution in [0, 0.1) is 3.57 Å². The van der Waals surface area contributed by atoms with Gasteiger partial charge in [0, 0.05) is 27.4 Å². The molecule has 0 spiro atoms. The van der Waals surface area contributed by atoms with E-state index in [4.69, 9.17) is 0 Å². The molecule has 2 nitrogen and oxygen atoms in total. The van der Waals surface area contributed by atoms with E-state index in [1.54, 1.807) is 0 Å². The molecule has 0 aliphatic heterocycles. The first-order valence-electron chi connectivity index (χ1n) is 7.73. The van der Waals surface area contributed by atoms with Crippen molar-refractivity contribution in [2.24, 2.45) is 0 Å². The highest BCUT2D eigenvalue weighted by Crippen LogP contribution is 2.41. The first-order chi connectivity index (χ1) is 10.3. The van der Waals surface area contributed by atoms with E-state index < -0.39 is 0 Å². The predicted molar refractivity (Wildman–Crippen MR) is 95.5 cm³/mol. The number of aryl methyl sites for hydroxylation is 1. The molecule has 1 aliphatic rings. The molecule has 2 unspecified atom stereocenters. The molecule has 3 heteroatoms. The molecular formula is C18H21IN2. The van der Waals surface area contributed by atoms with Gasteiger partial charge in [0.1, 0.15) is 0 Å². The molecule has 0 amide bonds. The van der Waals surface area contributed by atoms with Crippen molar-refractivity contribution >= 4 is 22.6 Å². The molecule has 0 saturated heterocycles. The molecule has 2 aromatic rings. The van der Waals surface area contributed by atoms with E-state index in [1.807, 2.05) is 6.20 Å². The van der Waals surface area contributed by atoms with Gasteiger partial charge in [-0.05, 0) is 71.7 Å². The van der Waals surface area contributed by atoms with E-state index >= 15 is 0 Å². The van der Waals surface area contributed by atoms with Crippen LogP contribution in [0.1, 0.15) is 48.5 Å². The Labute approximate surface area is 140 Å². The molecule has 1 aromatic heterocycles. The van der Waals surface area contributed by atoms with Crippen LogP contribution in [0.15, 0.2) is 42.6 Å². The number of nitrogens with one attached hydrogen (secondary N) is 1. The fourth-order valence-corrected chi connectivity index (χ4v) is 3.99. The van der Waals surface area contributed by atoms with E-state index in [0.717, 1.165) is 19.4 Å². The Hall–Kier alpha value is -0.940. The number of aromatic nitrogens is 1. The number of hydrogen-bond donors (Lipinski definition) is 1. The van der Waals surface area contributed by atoms with Crippen LogP contribution >= 0.6 is 22.6 Å². The molecule has 0 fully saturated rings. The number of fused-ring (bicyclic) bond motifs is 1. The number of rotatable bonds is 5. The van der Waals surface area contributed by atoms with Gasteiger partial charge in [-0.1, -0.05) is 31.2 Å². The average Bonchev–Trinajstić information content (AvgIpc) is 2.93. The van der Waals surface area contributed by atoms with Gasteiger partial charge in [-0.25, -0.2) is 0 Å². The van der Waals surface area contributed by atoms with Crippen LogP contribution in [0.3, 0.4) is 0 Å². The first-order valence-corrected chi connectivity index (χ1v) is 8.80. The highest BCUT2D eigenvalue weighted by Gasteiger charge is 2.32. The summed E-state index contributed by atoms with van der Waals surface area (Å²) in [6, 6.07) is 13.4. The van der Waals surface area contributed by atoms with Gasteiger partial charge in [-0.3, -0.25) is 4.98 Å². The summed E-state index contributed by atoms with van der Waals surface area (Å²) in [6.07, 6.45) is 5.44. The lowest BCUT2D eigenvalue weighted by atomic mass is 9.90. The first kappa shape index (κ1) is 15.0. The molecule has 1 aromatic carbocycles. The zero-order valence-electron chi connectivity index (χ0n) is 12.3. The minimum absolute atomic E-state index is 0.370. The number of nitrogens with zero attached hydrogens (tertiary/aromatic N) is 1. The normalized spacial score (nSPS) is 18.5. The summed E-state index contributed by atoms with van der Waals surface area (Å²) in [5, 5.41) is 3.76. The van der Waals surface area contributed by atoms with E-state index in [-0.39, 0.29) is 0 Å². The second-order valence-electron chi connectivity index (χ2n) is 5.65. The summed E-state index contributed by atoms with van der Waals surface area (Å²) < 4.78 is 1.34. The topological polar surface area (TPSA) is 24.9 Å². The van der Waals surface area contributed by atoms with Crippen LogP contribution in [-0.2, 0) is 6.42 Å². The van der Waals surface area contributed by atoms with Gasteiger partial charge in [-0.15, -0.1) is 0 Å². The van der Waals surface area contributed by atoms with Crippen molar-refractivity contribution in [3.05, 3.63) is 63.0 Å². The zero-order valence-corrected chi connectivity index (χ0v) is 14.5. The van der Waals surface area contributed by atoms with Crippen molar-refractivity contribution in [3.63, 3.8) is 0 Å².